The zero-order chi connectivity index (χ0) is 28.9. The average Bonchev–Trinajstić information content (AvgIpc) is 2.97. The molecule has 4 rings (SSSR count). The number of aliphatic carboxylic acids is 1. The van der Waals surface area contributed by atoms with Gasteiger partial charge in [-0.15, -0.1) is 0 Å². The standard InChI is InChI=1S/C30H32N2O7S/c1-20-8-3-4-10-24(20)22-15-13-21(14-16-22)18-26(29(34)35)31-28(33)23-9-7-17-32(19-23)40(37,38)27-12-6-5-11-25(27)30(36)39-2/h3-6,8,10-16,23,26H,7,9,17-19H2,1-2H3,(H,31,33)(H,34,35)/t23?,26-/m0/s1. The lowest BCUT2D eigenvalue weighted by Gasteiger charge is -2.32. The summed E-state index contributed by atoms with van der Waals surface area (Å²) < 4.78 is 32.7. The third-order valence-electron chi connectivity index (χ3n) is 7.13. The first-order valence-corrected chi connectivity index (χ1v) is 14.4. The van der Waals surface area contributed by atoms with E-state index < -0.39 is 39.8 Å². The predicted molar refractivity (Wildman–Crippen MR) is 149 cm³/mol. The van der Waals surface area contributed by atoms with Crippen LogP contribution in [0.1, 0.15) is 34.3 Å². The van der Waals surface area contributed by atoms with Crippen LogP contribution in [0, 0.1) is 12.8 Å². The summed E-state index contributed by atoms with van der Waals surface area (Å²) in [5, 5.41) is 12.4. The summed E-state index contributed by atoms with van der Waals surface area (Å²) in [4.78, 5) is 37.1. The van der Waals surface area contributed by atoms with Crippen LogP contribution in [-0.2, 0) is 30.8 Å². The molecule has 1 aliphatic rings. The number of methoxy groups -OCH3 is 1. The Morgan fingerprint density at radius 2 is 1.70 bits per heavy atom. The summed E-state index contributed by atoms with van der Waals surface area (Å²) in [5.41, 5.74) is 3.88. The number of aryl methyl sites for hydroxylation is 1. The van der Waals surface area contributed by atoms with Gasteiger partial charge in [0.15, 0.2) is 0 Å². The minimum atomic E-state index is -4.10. The molecule has 0 aliphatic carbocycles. The van der Waals surface area contributed by atoms with E-state index in [1.165, 1.54) is 29.6 Å². The van der Waals surface area contributed by atoms with Crippen molar-refractivity contribution in [3.8, 4) is 11.1 Å². The second-order valence-corrected chi connectivity index (χ2v) is 11.7. The number of rotatable bonds is 9. The molecule has 210 valence electrons. The fourth-order valence-electron chi connectivity index (χ4n) is 4.93. The van der Waals surface area contributed by atoms with Crippen molar-refractivity contribution in [1.82, 2.24) is 9.62 Å². The third kappa shape index (κ3) is 6.40. The maximum absolute atomic E-state index is 13.4. The number of ether oxygens (including phenoxy) is 1. The highest BCUT2D eigenvalue weighted by Crippen LogP contribution is 2.27. The monoisotopic (exact) mass is 564 g/mol. The zero-order valence-corrected chi connectivity index (χ0v) is 23.2. The number of nitrogens with one attached hydrogen (secondary N) is 1. The third-order valence-corrected chi connectivity index (χ3v) is 9.05. The van der Waals surface area contributed by atoms with Gasteiger partial charge in [-0.3, -0.25) is 4.79 Å². The van der Waals surface area contributed by atoms with Crippen LogP contribution in [0.5, 0.6) is 0 Å². The van der Waals surface area contributed by atoms with Crippen LogP contribution >= 0.6 is 0 Å². The van der Waals surface area contributed by atoms with Gasteiger partial charge < -0.3 is 15.2 Å². The number of esters is 1. The van der Waals surface area contributed by atoms with Crippen molar-refractivity contribution < 1.29 is 32.6 Å². The van der Waals surface area contributed by atoms with Crippen LogP contribution in [0.2, 0.25) is 0 Å². The summed E-state index contributed by atoms with van der Waals surface area (Å²) in [6.07, 6.45) is 0.903. The van der Waals surface area contributed by atoms with Crippen molar-refractivity contribution in [3.63, 3.8) is 0 Å². The fraction of sp³-hybridized carbons (Fsp3) is 0.300. The molecule has 9 nitrogen and oxygen atoms in total. The fourth-order valence-corrected chi connectivity index (χ4v) is 6.63. The Labute approximate surface area is 233 Å². The van der Waals surface area contributed by atoms with E-state index in [9.17, 15) is 27.9 Å². The van der Waals surface area contributed by atoms with Gasteiger partial charge in [-0.25, -0.2) is 18.0 Å². The Kier molecular flexibility index (Phi) is 9.01. The quantitative estimate of drug-likeness (QED) is 0.380. The van der Waals surface area contributed by atoms with Gasteiger partial charge in [-0.2, -0.15) is 4.31 Å². The largest absolute Gasteiger partial charge is 0.480 e. The number of carbonyl (C=O) groups excluding carboxylic acids is 2. The SMILES string of the molecule is COC(=O)c1ccccc1S(=O)(=O)N1CCCC(C(=O)N[C@@H](Cc2ccc(-c3ccccc3C)cc2)C(=O)O)C1. The van der Waals surface area contributed by atoms with E-state index in [1.807, 2.05) is 55.5 Å². The Bertz CT molecular complexity index is 1500. The highest BCUT2D eigenvalue weighted by Gasteiger charge is 2.36. The van der Waals surface area contributed by atoms with Gasteiger partial charge in [0.1, 0.15) is 6.04 Å². The lowest BCUT2D eigenvalue weighted by atomic mass is 9.96. The van der Waals surface area contributed by atoms with E-state index in [1.54, 1.807) is 6.07 Å². The van der Waals surface area contributed by atoms with Crippen molar-refractivity contribution in [2.75, 3.05) is 20.2 Å². The average molecular weight is 565 g/mol. The van der Waals surface area contributed by atoms with E-state index >= 15 is 0 Å². The molecule has 0 saturated carbocycles. The van der Waals surface area contributed by atoms with Gasteiger partial charge in [0, 0.05) is 19.5 Å². The van der Waals surface area contributed by atoms with Crippen LogP contribution in [0.15, 0.2) is 77.7 Å². The Morgan fingerprint density at radius 3 is 2.38 bits per heavy atom. The first-order chi connectivity index (χ1) is 19.1. The molecule has 0 bridgehead atoms. The van der Waals surface area contributed by atoms with Gasteiger partial charge in [-0.1, -0.05) is 60.7 Å². The number of benzene rings is 3. The molecule has 0 aromatic heterocycles. The second-order valence-electron chi connectivity index (χ2n) is 9.81. The van der Waals surface area contributed by atoms with Crippen LogP contribution in [0.25, 0.3) is 11.1 Å². The molecular formula is C30H32N2O7S. The second kappa shape index (κ2) is 12.4. The maximum atomic E-state index is 13.4. The molecule has 1 heterocycles. The molecule has 40 heavy (non-hydrogen) atoms. The molecule has 1 saturated heterocycles. The van der Waals surface area contributed by atoms with Crippen molar-refractivity contribution in [1.29, 1.82) is 0 Å². The molecule has 2 N–H and O–H groups in total. The minimum absolute atomic E-state index is 0.0797. The molecule has 10 heteroatoms. The van der Waals surface area contributed by atoms with Crippen LogP contribution in [0.4, 0.5) is 0 Å². The topological polar surface area (TPSA) is 130 Å². The molecule has 0 radical (unpaired) electrons. The van der Waals surface area contributed by atoms with Crippen molar-refractivity contribution >= 4 is 27.9 Å². The molecular weight excluding hydrogens is 532 g/mol. The highest BCUT2D eigenvalue weighted by atomic mass is 32.2. The van der Waals surface area contributed by atoms with Crippen LogP contribution < -0.4 is 5.32 Å². The van der Waals surface area contributed by atoms with E-state index in [2.05, 4.69) is 5.32 Å². The number of piperidine rings is 1. The first-order valence-electron chi connectivity index (χ1n) is 13.0. The van der Waals surface area contributed by atoms with Gasteiger partial charge in [-0.05, 0) is 54.2 Å². The van der Waals surface area contributed by atoms with Crippen molar-refractivity contribution in [2.45, 2.75) is 37.1 Å². The van der Waals surface area contributed by atoms with Gasteiger partial charge in [0.25, 0.3) is 0 Å². The number of carboxylic acid groups (broad SMARTS) is 1. The molecule has 1 unspecified atom stereocenters. The Balaban J connectivity index is 1.45. The smallest absolute Gasteiger partial charge is 0.339 e. The van der Waals surface area contributed by atoms with Gasteiger partial charge in [0.05, 0.1) is 23.5 Å². The number of sulfonamides is 1. The van der Waals surface area contributed by atoms with E-state index in [4.69, 9.17) is 4.74 Å². The van der Waals surface area contributed by atoms with Crippen molar-refractivity contribution in [2.24, 2.45) is 5.92 Å². The molecule has 3 aromatic rings. The van der Waals surface area contributed by atoms with E-state index in [0.29, 0.717) is 12.8 Å². The number of carboxylic acids is 1. The van der Waals surface area contributed by atoms with E-state index in [0.717, 1.165) is 22.3 Å². The maximum Gasteiger partial charge on any atom is 0.339 e. The molecule has 1 aliphatic heterocycles. The normalized spacial score (nSPS) is 16.6. The molecule has 1 fully saturated rings. The number of carbonyl (C=O) groups is 3. The lowest BCUT2D eigenvalue weighted by molar-refractivity contribution is -0.142. The van der Waals surface area contributed by atoms with Crippen molar-refractivity contribution in [3.05, 3.63) is 89.5 Å². The summed E-state index contributed by atoms with van der Waals surface area (Å²) in [5.74, 6) is -3.21. The Morgan fingerprint density at radius 1 is 1.02 bits per heavy atom. The lowest BCUT2D eigenvalue weighted by Crippen LogP contribution is -2.50. The molecule has 2 atom stereocenters. The number of amides is 1. The van der Waals surface area contributed by atoms with Gasteiger partial charge in [0.2, 0.25) is 15.9 Å². The predicted octanol–water partition coefficient (Wildman–Crippen LogP) is 3.66. The number of hydrogen-bond donors (Lipinski definition) is 2. The zero-order valence-electron chi connectivity index (χ0n) is 22.4. The summed E-state index contributed by atoms with van der Waals surface area (Å²) in [6, 6.07) is 20.1. The van der Waals surface area contributed by atoms with Crippen LogP contribution in [-0.4, -0.2) is 61.9 Å². The summed E-state index contributed by atoms with van der Waals surface area (Å²) in [6.45, 7) is 2.08. The number of hydrogen-bond acceptors (Lipinski definition) is 6. The highest BCUT2D eigenvalue weighted by molar-refractivity contribution is 7.89. The molecule has 0 spiro atoms. The molecule has 1 amide bonds. The molecule has 3 aromatic carbocycles. The van der Waals surface area contributed by atoms with Gasteiger partial charge >= 0.3 is 11.9 Å². The van der Waals surface area contributed by atoms with E-state index in [-0.39, 0.29) is 30.0 Å². The first kappa shape index (κ1) is 29.0. The van der Waals surface area contributed by atoms with Crippen LogP contribution in [0.3, 0.4) is 0 Å². The summed E-state index contributed by atoms with van der Waals surface area (Å²) in [7, 11) is -2.93. The Hall–Kier alpha value is -4.02. The minimum Gasteiger partial charge on any atom is -0.480 e. The summed E-state index contributed by atoms with van der Waals surface area (Å²) >= 11 is 0. The number of nitrogens with zero attached hydrogens (tertiary/aromatic N) is 1.